The molecule has 8 atom stereocenters. The summed E-state index contributed by atoms with van der Waals surface area (Å²) in [6.07, 6.45) is 6.76. The van der Waals surface area contributed by atoms with E-state index in [9.17, 15) is 28.8 Å². The van der Waals surface area contributed by atoms with E-state index in [2.05, 4.69) is 20.4 Å². The first-order valence-electron chi connectivity index (χ1n) is 17.4. The van der Waals surface area contributed by atoms with E-state index >= 15 is 0 Å². The van der Waals surface area contributed by atoms with Gasteiger partial charge < -0.3 is 0 Å². The number of fused-ring (bicyclic) bond motifs is 1. The Labute approximate surface area is 272 Å². The van der Waals surface area contributed by atoms with Crippen molar-refractivity contribution in [2.75, 3.05) is 0 Å². The molecule has 6 heteroatoms. The molecule has 3 saturated carbocycles. The standard InChI is InChI=1S/C39H60O6/c1-12-14-22(2)34(43)29(37(4,5)6)19-26(41)20-30(38(7,8)9)36(45)27-21-28-33(39(28,10)11)32(27)31(42)18-25(35(44)23(3)40)17-24-15-13-16-24/h12,22,24-25,27-30,32-33H,1,13-21H2,2-11H3. The average molecular weight is 625 g/mol. The van der Waals surface area contributed by atoms with Crippen molar-refractivity contribution in [1.29, 1.82) is 0 Å². The SMILES string of the molecule is C=CCC(C)C(=O)C(CC(=O)CC(C(=O)C1CC2C(C1C(=O)CC(CC1CCC1)C(=O)C(C)=O)C2(C)C)C(C)(C)C)C(C)(C)C. The molecular weight excluding hydrogens is 564 g/mol. The fourth-order valence-electron chi connectivity index (χ4n) is 8.59. The predicted molar refractivity (Wildman–Crippen MR) is 177 cm³/mol. The zero-order valence-corrected chi connectivity index (χ0v) is 29.8. The monoisotopic (exact) mass is 624 g/mol. The zero-order chi connectivity index (χ0) is 34.2. The summed E-state index contributed by atoms with van der Waals surface area (Å²) in [5.74, 6) is -3.33. The van der Waals surface area contributed by atoms with Crippen LogP contribution in [0.4, 0.5) is 0 Å². The maximum atomic E-state index is 14.5. The van der Waals surface area contributed by atoms with Crippen molar-refractivity contribution >= 4 is 34.7 Å². The van der Waals surface area contributed by atoms with Crippen LogP contribution in [-0.2, 0) is 28.8 Å². The number of ketones is 6. The van der Waals surface area contributed by atoms with Crippen LogP contribution in [0.3, 0.4) is 0 Å². The van der Waals surface area contributed by atoms with Crippen LogP contribution in [0, 0.1) is 69.5 Å². The summed E-state index contributed by atoms with van der Waals surface area (Å²) >= 11 is 0. The van der Waals surface area contributed by atoms with Crippen LogP contribution in [0.1, 0.15) is 127 Å². The third kappa shape index (κ3) is 8.38. The number of carbonyl (C=O) groups is 6. The first-order chi connectivity index (χ1) is 20.6. The van der Waals surface area contributed by atoms with E-state index in [0.717, 1.165) is 19.3 Å². The second kappa shape index (κ2) is 13.9. The molecule has 3 aliphatic carbocycles. The van der Waals surface area contributed by atoms with E-state index in [4.69, 9.17) is 0 Å². The molecule has 0 N–H and O–H groups in total. The van der Waals surface area contributed by atoms with Crippen molar-refractivity contribution in [2.24, 2.45) is 69.5 Å². The van der Waals surface area contributed by atoms with Gasteiger partial charge in [0.2, 0.25) is 5.78 Å². The minimum Gasteiger partial charge on any atom is -0.300 e. The van der Waals surface area contributed by atoms with Gasteiger partial charge in [-0.2, -0.15) is 0 Å². The molecule has 3 fully saturated rings. The van der Waals surface area contributed by atoms with Gasteiger partial charge in [0.05, 0.1) is 0 Å². The number of hydrogen-bond acceptors (Lipinski definition) is 6. The Morgan fingerprint density at radius 1 is 0.889 bits per heavy atom. The predicted octanol–water partition coefficient (Wildman–Crippen LogP) is 7.84. The minimum atomic E-state index is -0.618. The minimum absolute atomic E-state index is 0.0139. The van der Waals surface area contributed by atoms with E-state index in [-0.39, 0.29) is 65.6 Å². The summed E-state index contributed by atoms with van der Waals surface area (Å²) in [6.45, 7) is 23.1. The summed E-state index contributed by atoms with van der Waals surface area (Å²) in [6, 6.07) is 0. The van der Waals surface area contributed by atoms with Gasteiger partial charge >= 0.3 is 0 Å². The number of allylic oxidation sites excluding steroid dienone is 1. The quantitative estimate of drug-likeness (QED) is 0.121. The summed E-state index contributed by atoms with van der Waals surface area (Å²) in [5.41, 5.74) is -0.982. The molecule has 0 aliphatic heterocycles. The van der Waals surface area contributed by atoms with Crippen molar-refractivity contribution in [3.05, 3.63) is 12.7 Å². The number of rotatable bonds is 17. The van der Waals surface area contributed by atoms with Gasteiger partial charge in [0, 0.05) is 61.7 Å². The van der Waals surface area contributed by atoms with Crippen LogP contribution in [0.2, 0.25) is 0 Å². The Morgan fingerprint density at radius 3 is 1.91 bits per heavy atom. The Hall–Kier alpha value is -2.24. The van der Waals surface area contributed by atoms with Crippen molar-refractivity contribution in [3.63, 3.8) is 0 Å². The summed E-state index contributed by atoms with van der Waals surface area (Å²) in [5, 5.41) is 0. The topological polar surface area (TPSA) is 102 Å². The third-order valence-corrected chi connectivity index (χ3v) is 11.9. The lowest BCUT2D eigenvalue weighted by Crippen LogP contribution is -2.41. The van der Waals surface area contributed by atoms with Crippen LogP contribution >= 0.6 is 0 Å². The van der Waals surface area contributed by atoms with Gasteiger partial charge in [0.25, 0.3) is 0 Å². The average Bonchev–Trinajstić information content (AvgIpc) is 3.20. The first-order valence-corrected chi connectivity index (χ1v) is 17.4. The Bertz CT molecular complexity index is 1190. The summed E-state index contributed by atoms with van der Waals surface area (Å²) < 4.78 is 0. The molecular formula is C39H60O6. The van der Waals surface area contributed by atoms with Gasteiger partial charge in [0.15, 0.2) is 5.78 Å². The molecule has 8 unspecified atom stereocenters. The van der Waals surface area contributed by atoms with Gasteiger partial charge in [0.1, 0.15) is 23.1 Å². The largest absolute Gasteiger partial charge is 0.300 e. The molecule has 0 spiro atoms. The Kier molecular flexibility index (Phi) is 11.5. The first kappa shape index (κ1) is 37.2. The second-order valence-electron chi connectivity index (χ2n) is 17.7. The highest BCUT2D eigenvalue weighted by Gasteiger charge is 2.69. The van der Waals surface area contributed by atoms with E-state index < -0.39 is 52.0 Å². The fraction of sp³-hybridized carbons (Fsp3) is 0.795. The van der Waals surface area contributed by atoms with Gasteiger partial charge in [-0.05, 0) is 53.3 Å². The summed E-state index contributed by atoms with van der Waals surface area (Å²) in [4.78, 5) is 80.7. The molecule has 0 heterocycles. The molecule has 0 bridgehead atoms. The molecule has 6 nitrogen and oxygen atoms in total. The fourth-order valence-corrected chi connectivity index (χ4v) is 8.59. The molecule has 0 saturated heterocycles. The van der Waals surface area contributed by atoms with Gasteiger partial charge in [-0.1, -0.05) is 87.7 Å². The lowest BCUT2D eigenvalue weighted by atomic mass is 9.66. The van der Waals surface area contributed by atoms with Crippen LogP contribution < -0.4 is 0 Å². The maximum Gasteiger partial charge on any atom is 0.201 e. The van der Waals surface area contributed by atoms with Crippen molar-refractivity contribution < 1.29 is 28.8 Å². The molecule has 3 rings (SSSR count). The lowest BCUT2D eigenvalue weighted by Gasteiger charge is -2.36. The van der Waals surface area contributed by atoms with Gasteiger partial charge in [-0.3, -0.25) is 28.8 Å². The highest BCUT2D eigenvalue weighted by Crippen LogP contribution is 2.71. The molecule has 0 radical (unpaired) electrons. The van der Waals surface area contributed by atoms with E-state index in [1.54, 1.807) is 6.08 Å². The van der Waals surface area contributed by atoms with Crippen molar-refractivity contribution in [2.45, 2.75) is 127 Å². The van der Waals surface area contributed by atoms with E-state index in [0.29, 0.717) is 25.2 Å². The van der Waals surface area contributed by atoms with Crippen LogP contribution in [0.5, 0.6) is 0 Å². The van der Waals surface area contributed by atoms with Crippen molar-refractivity contribution in [3.8, 4) is 0 Å². The van der Waals surface area contributed by atoms with E-state index in [1.165, 1.54) is 6.92 Å². The third-order valence-electron chi connectivity index (χ3n) is 11.9. The molecule has 3 aliphatic rings. The Balaban J connectivity index is 1.84. The second-order valence-corrected chi connectivity index (χ2v) is 17.7. The molecule has 252 valence electrons. The van der Waals surface area contributed by atoms with Crippen LogP contribution in [-0.4, -0.2) is 34.7 Å². The molecule has 0 aromatic rings. The number of Topliss-reactive ketones (excluding diaryl/α,β-unsaturated/α-hetero) is 6. The van der Waals surface area contributed by atoms with Crippen LogP contribution in [0.15, 0.2) is 12.7 Å². The van der Waals surface area contributed by atoms with Gasteiger partial charge in [-0.15, -0.1) is 6.58 Å². The maximum absolute atomic E-state index is 14.5. The normalized spacial score (nSPS) is 26.9. The highest BCUT2D eigenvalue weighted by molar-refractivity contribution is 6.37. The number of carbonyl (C=O) groups excluding carboxylic acids is 6. The zero-order valence-electron chi connectivity index (χ0n) is 29.8. The van der Waals surface area contributed by atoms with E-state index in [1.807, 2.05) is 48.5 Å². The molecule has 45 heavy (non-hydrogen) atoms. The summed E-state index contributed by atoms with van der Waals surface area (Å²) in [7, 11) is 0. The van der Waals surface area contributed by atoms with Gasteiger partial charge in [-0.25, -0.2) is 0 Å². The van der Waals surface area contributed by atoms with Crippen LogP contribution in [0.25, 0.3) is 0 Å². The highest BCUT2D eigenvalue weighted by atomic mass is 16.2. The smallest absolute Gasteiger partial charge is 0.201 e. The molecule has 0 aromatic heterocycles. The lowest BCUT2D eigenvalue weighted by molar-refractivity contribution is -0.142. The van der Waals surface area contributed by atoms with Crippen molar-refractivity contribution in [1.82, 2.24) is 0 Å². The number of hydrogen-bond donors (Lipinski definition) is 0. The molecule has 0 aromatic carbocycles. The Morgan fingerprint density at radius 2 is 1.44 bits per heavy atom. The molecule has 0 amide bonds.